The Hall–Kier alpha value is -7.36. The van der Waals surface area contributed by atoms with Crippen molar-refractivity contribution < 1.29 is 9.47 Å². The number of nitrogens with zero attached hydrogens (tertiary/aromatic N) is 1. The van der Waals surface area contributed by atoms with Crippen LogP contribution in [-0.4, -0.2) is 0 Å². The fourth-order valence-electron chi connectivity index (χ4n) is 8.19. The van der Waals surface area contributed by atoms with Gasteiger partial charge >= 0.3 is 0 Å². The lowest BCUT2D eigenvalue weighted by atomic mass is 9.93. The highest BCUT2D eigenvalue weighted by molar-refractivity contribution is 6.13. The first kappa shape index (κ1) is 31.2. The molecule has 3 heteroatoms. The van der Waals surface area contributed by atoms with Crippen molar-refractivity contribution in [1.29, 1.82) is 0 Å². The molecule has 0 amide bonds. The van der Waals surface area contributed by atoms with Crippen molar-refractivity contribution in [1.82, 2.24) is 0 Å². The molecule has 1 aliphatic rings. The van der Waals surface area contributed by atoms with E-state index in [1.165, 1.54) is 38.1 Å². The van der Waals surface area contributed by atoms with Crippen LogP contribution in [0, 0.1) is 0 Å². The Morgan fingerprint density at radius 3 is 1.71 bits per heavy atom. The molecule has 10 aromatic carbocycles. The highest BCUT2D eigenvalue weighted by Crippen LogP contribution is 2.47. The van der Waals surface area contributed by atoms with Crippen molar-refractivity contribution >= 4 is 60.2 Å². The van der Waals surface area contributed by atoms with E-state index in [1.54, 1.807) is 0 Å². The summed E-state index contributed by atoms with van der Waals surface area (Å²) in [6.45, 7) is 0. The zero-order valence-electron chi connectivity index (χ0n) is 29.8. The third-order valence-corrected chi connectivity index (χ3v) is 10.8. The molecule has 0 unspecified atom stereocenters. The average molecular weight is 704 g/mol. The summed E-state index contributed by atoms with van der Waals surface area (Å²) in [5, 5.41) is 9.47. The molecule has 11 rings (SSSR count). The average Bonchev–Trinajstić information content (AvgIpc) is 3.41. The summed E-state index contributed by atoms with van der Waals surface area (Å²) in [5.41, 5.74) is 7.87. The molecule has 0 radical (unpaired) electrons. The highest BCUT2D eigenvalue weighted by Gasteiger charge is 2.20. The molecule has 55 heavy (non-hydrogen) atoms. The van der Waals surface area contributed by atoms with Gasteiger partial charge in [0.15, 0.2) is 11.5 Å². The van der Waals surface area contributed by atoms with Gasteiger partial charge in [-0.05, 0) is 133 Å². The second-order valence-electron chi connectivity index (χ2n) is 14.1. The van der Waals surface area contributed by atoms with Crippen LogP contribution in [-0.2, 0) is 0 Å². The lowest BCUT2D eigenvalue weighted by molar-refractivity contribution is 0.439. The molecule has 0 aromatic heterocycles. The minimum atomic E-state index is 0.699. The monoisotopic (exact) mass is 703 g/mol. The summed E-state index contributed by atoms with van der Waals surface area (Å²) < 4.78 is 12.9. The molecule has 0 saturated carbocycles. The summed E-state index contributed by atoms with van der Waals surface area (Å²) >= 11 is 0. The van der Waals surface area contributed by atoms with E-state index in [0.717, 1.165) is 55.8 Å². The van der Waals surface area contributed by atoms with Gasteiger partial charge in [-0.15, -0.1) is 0 Å². The summed E-state index contributed by atoms with van der Waals surface area (Å²) in [5.74, 6) is 3.00. The van der Waals surface area contributed by atoms with Gasteiger partial charge in [-0.25, -0.2) is 0 Å². The Morgan fingerprint density at radius 1 is 0.291 bits per heavy atom. The molecular weight excluding hydrogens is 671 g/mol. The lowest BCUT2D eigenvalue weighted by Gasteiger charge is -2.26. The van der Waals surface area contributed by atoms with Crippen LogP contribution in [0.4, 0.5) is 17.1 Å². The zero-order valence-corrected chi connectivity index (χ0v) is 29.8. The fourth-order valence-corrected chi connectivity index (χ4v) is 8.19. The minimum Gasteiger partial charge on any atom is -0.453 e. The molecule has 258 valence electrons. The number of fused-ring (bicyclic) bond motifs is 5. The van der Waals surface area contributed by atoms with Crippen molar-refractivity contribution in [3.05, 3.63) is 200 Å². The van der Waals surface area contributed by atoms with Gasteiger partial charge in [0.2, 0.25) is 0 Å². The second kappa shape index (κ2) is 12.6. The quantitative estimate of drug-likeness (QED) is 0.167. The molecule has 3 nitrogen and oxygen atoms in total. The third-order valence-electron chi connectivity index (χ3n) is 10.8. The predicted octanol–water partition coefficient (Wildman–Crippen LogP) is 15.0. The van der Waals surface area contributed by atoms with E-state index in [2.05, 4.69) is 175 Å². The number of hydrogen-bond acceptors (Lipinski definition) is 3. The summed E-state index contributed by atoms with van der Waals surface area (Å²) in [6, 6.07) is 71.1. The van der Waals surface area contributed by atoms with Crippen molar-refractivity contribution in [3.8, 4) is 45.3 Å². The Morgan fingerprint density at radius 2 is 0.891 bits per heavy atom. The zero-order chi connectivity index (χ0) is 36.3. The number of hydrogen-bond donors (Lipinski definition) is 0. The first-order valence-electron chi connectivity index (χ1n) is 18.7. The van der Waals surface area contributed by atoms with Crippen LogP contribution >= 0.6 is 0 Å². The van der Waals surface area contributed by atoms with E-state index in [9.17, 15) is 0 Å². The summed E-state index contributed by atoms with van der Waals surface area (Å²) in [6.07, 6.45) is 0. The van der Waals surface area contributed by atoms with Crippen molar-refractivity contribution in [2.75, 3.05) is 4.90 Å². The van der Waals surface area contributed by atoms with E-state index in [1.807, 2.05) is 30.3 Å². The Bertz CT molecular complexity index is 3090. The van der Waals surface area contributed by atoms with E-state index in [4.69, 9.17) is 9.47 Å². The third kappa shape index (κ3) is 5.36. The molecule has 0 bridgehead atoms. The fraction of sp³-hybridized carbons (Fsp3) is 0. The van der Waals surface area contributed by atoms with Gasteiger partial charge < -0.3 is 14.4 Å². The number of anilines is 3. The van der Waals surface area contributed by atoms with E-state index in [0.29, 0.717) is 11.5 Å². The molecule has 1 heterocycles. The molecule has 0 fully saturated rings. The van der Waals surface area contributed by atoms with Gasteiger partial charge in [0.1, 0.15) is 11.5 Å². The van der Waals surface area contributed by atoms with E-state index < -0.39 is 0 Å². The van der Waals surface area contributed by atoms with Crippen molar-refractivity contribution in [3.63, 3.8) is 0 Å². The standard InChI is InChI=1S/C52H33NO2/c1-2-13-41(14-3-1)53(42-26-23-35(24-27-42)47-32-39-10-4-5-15-44(39)45-16-6-7-17-46(45)47)43-28-22-34-20-21-37(30-40(34)31-43)38-25-29-48-51(33-38)55-50-19-9-12-36-11-8-18-49(54-48)52(36)50/h1-33H. The summed E-state index contributed by atoms with van der Waals surface area (Å²) in [7, 11) is 0. The molecule has 0 spiro atoms. The summed E-state index contributed by atoms with van der Waals surface area (Å²) in [4.78, 5) is 2.33. The largest absolute Gasteiger partial charge is 0.453 e. The van der Waals surface area contributed by atoms with Gasteiger partial charge in [0, 0.05) is 17.1 Å². The van der Waals surface area contributed by atoms with Crippen molar-refractivity contribution in [2.45, 2.75) is 0 Å². The molecule has 0 aliphatic carbocycles. The first-order chi connectivity index (χ1) is 27.2. The van der Waals surface area contributed by atoms with Crippen LogP contribution in [0.2, 0.25) is 0 Å². The molecular formula is C52H33NO2. The number of ether oxygens (including phenoxy) is 2. The minimum absolute atomic E-state index is 0.699. The smallest absolute Gasteiger partial charge is 0.170 e. The van der Waals surface area contributed by atoms with Crippen LogP contribution in [0.3, 0.4) is 0 Å². The Labute approximate surface area is 318 Å². The highest BCUT2D eigenvalue weighted by atomic mass is 16.5. The molecule has 0 saturated heterocycles. The van der Waals surface area contributed by atoms with Crippen LogP contribution in [0.1, 0.15) is 0 Å². The second-order valence-corrected chi connectivity index (χ2v) is 14.1. The van der Waals surface area contributed by atoms with Crippen LogP contribution < -0.4 is 14.4 Å². The lowest BCUT2D eigenvalue weighted by Crippen LogP contribution is -2.09. The Kier molecular flexibility index (Phi) is 7.17. The number of para-hydroxylation sites is 1. The maximum atomic E-state index is 6.52. The van der Waals surface area contributed by atoms with Gasteiger partial charge in [-0.2, -0.15) is 0 Å². The SMILES string of the molecule is c1ccc(N(c2ccc(-c3cc4ccccc4c4ccccc34)cc2)c2ccc3ccc(-c4ccc5c(c4)Oc4cccc6cccc(c46)O5)cc3c2)cc1. The topological polar surface area (TPSA) is 21.7 Å². The van der Waals surface area contributed by atoms with Crippen LogP contribution in [0.15, 0.2) is 200 Å². The maximum absolute atomic E-state index is 6.52. The first-order valence-corrected chi connectivity index (χ1v) is 18.7. The van der Waals surface area contributed by atoms with Gasteiger partial charge in [-0.1, -0.05) is 127 Å². The molecule has 10 aromatic rings. The molecule has 1 aliphatic heterocycles. The maximum Gasteiger partial charge on any atom is 0.170 e. The molecule has 0 atom stereocenters. The van der Waals surface area contributed by atoms with E-state index >= 15 is 0 Å². The predicted molar refractivity (Wildman–Crippen MR) is 229 cm³/mol. The normalized spacial score (nSPS) is 11.9. The molecule has 0 N–H and O–H groups in total. The van der Waals surface area contributed by atoms with Crippen LogP contribution in [0.25, 0.3) is 65.3 Å². The van der Waals surface area contributed by atoms with Gasteiger partial charge in [-0.3, -0.25) is 0 Å². The van der Waals surface area contributed by atoms with E-state index in [-0.39, 0.29) is 0 Å². The van der Waals surface area contributed by atoms with Gasteiger partial charge in [0.25, 0.3) is 0 Å². The number of rotatable bonds is 5. The van der Waals surface area contributed by atoms with Crippen LogP contribution in [0.5, 0.6) is 23.0 Å². The van der Waals surface area contributed by atoms with Gasteiger partial charge in [0.05, 0.1) is 5.39 Å². The Balaban J connectivity index is 0.972. The number of benzene rings is 10. The van der Waals surface area contributed by atoms with Crippen molar-refractivity contribution in [2.24, 2.45) is 0 Å².